The third-order valence-electron chi connectivity index (χ3n) is 4.36. The molecule has 0 aromatic carbocycles. The van der Waals surface area contributed by atoms with Gasteiger partial charge >= 0.3 is 0 Å². The van der Waals surface area contributed by atoms with Crippen molar-refractivity contribution < 1.29 is 4.74 Å². The minimum Gasteiger partial charge on any atom is -0.385 e. The van der Waals surface area contributed by atoms with Crippen molar-refractivity contribution in [2.24, 2.45) is 11.3 Å². The van der Waals surface area contributed by atoms with E-state index in [4.69, 9.17) is 4.74 Å². The molecule has 1 N–H and O–H groups in total. The van der Waals surface area contributed by atoms with Crippen molar-refractivity contribution in [3.63, 3.8) is 0 Å². The Hall–Kier alpha value is -1.36. The first kappa shape index (κ1) is 17.0. The molecule has 0 radical (unpaired) electrons. The molecule has 0 bridgehead atoms. The van der Waals surface area contributed by atoms with Crippen LogP contribution in [0.5, 0.6) is 0 Å². The Labute approximate surface area is 134 Å². The van der Waals surface area contributed by atoms with Crippen molar-refractivity contribution in [3.05, 3.63) is 12.4 Å². The normalized spacial score (nSPS) is 19.3. The van der Waals surface area contributed by atoms with E-state index in [0.717, 1.165) is 50.2 Å². The maximum Gasteiger partial charge on any atom is 0.134 e. The molecule has 2 rings (SSSR count). The predicted molar refractivity (Wildman–Crippen MR) is 91.4 cm³/mol. The standard InChI is InChI=1S/C17H30N4O/c1-14-6-5-8-21(11-14)16-10-15(19-13-20-16)18-12-17(2,3)7-9-22-4/h10,13-14H,5-9,11-12H2,1-4H3,(H,18,19,20). The van der Waals surface area contributed by atoms with Crippen LogP contribution in [0.4, 0.5) is 11.6 Å². The van der Waals surface area contributed by atoms with Crippen LogP contribution in [-0.2, 0) is 4.74 Å². The van der Waals surface area contributed by atoms with E-state index < -0.39 is 0 Å². The molecule has 1 aromatic heterocycles. The Morgan fingerprint density at radius 1 is 1.41 bits per heavy atom. The zero-order valence-corrected chi connectivity index (χ0v) is 14.4. The number of nitrogens with zero attached hydrogens (tertiary/aromatic N) is 3. The minimum atomic E-state index is 0.181. The van der Waals surface area contributed by atoms with Crippen LogP contribution in [0.25, 0.3) is 0 Å². The number of nitrogens with one attached hydrogen (secondary N) is 1. The lowest BCUT2D eigenvalue weighted by Crippen LogP contribution is -2.35. The monoisotopic (exact) mass is 306 g/mol. The molecule has 1 atom stereocenters. The molecule has 124 valence electrons. The quantitative estimate of drug-likeness (QED) is 0.838. The fraction of sp³-hybridized carbons (Fsp3) is 0.765. The van der Waals surface area contributed by atoms with Gasteiger partial charge in [-0.25, -0.2) is 9.97 Å². The molecule has 5 heteroatoms. The average Bonchev–Trinajstić information content (AvgIpc) is 2.52. The van der Waals surface area contributed by atoms with Gasteiger partial charge in [-0.05, 0) is 30.6 Å². The summed E-state index contributed by atoms with van der Waals surface area (Å²) in [7, 11) is 1.75. The highest BCUT2D eigenvalue weighted by Gasteiger charge is 2.19. The van der Waals surface area contributed by atoms with Crippen LogP contribution in [-0.4, -0.2) is 43.3 Å². The first-order valence-corrected chi connectivity index (χ1v) is 8.30. The van der Waals surface area contributed by atoms with Gasteiger partial charge in [0.25, 0.3) is 0 Å². The van der Waals surface area contributed by atoms with Crippen molar-refractivity contribution in [1.82, 2.24) is 9.97 Å². The number of aromatic nitrogens is 2. The summed E-state index contributed by atoms with van der Waals surface area (Å²) in [6.45, 7) is 10.7. The third-order valence-corrected chi connectivity index (χ3v) is 4.36. The topological polar surface area (TPSA) is 50.3 Å². The highest BCUT2D eigenvalue weighted by Crippen LogP contribution is 2.24. The second-order valence-corrected chi connectivity index (χ2v) is 7.22. The van der Waals surface area contributed by atoms with Gasteiger partial charge in [0, 0.05) is 39.4 Å². The van der Waals surface area contributed by atoms with Crippen LogP contribution in [0, 0.1) is 11.3 Å². The largest absolute Gasteiger partial charge is 0.385 e. The van der Waals surface area contributed by atoms with Gasteiger partial charge in [0.15, 0.2) is 0 Å². The fourth-order valence-corrected chi connectivity index (χ4v) is 2.81. The van der Waals surface area contributed by atoms with Crippen LogP contribution in [0.15, 0.2) is 12.4 Å². The second-order valence-electron chi connectivity index (χ2n) is 7.22. The number of hydrogen-bond acceptors (Lipinski definition) is 5. The molecule has 2 heterocycles. The molecule has 0 saturated carbocycles. The molecule has 1 fully saturated rings. The predicted octanol–water partition coefficient (Wildman–Crippen LogP) is 3.19. The van der Waals surface area contributed by atoms with E-state index in [9.17, 15) is 0 Å². The lowest BCUT2D eigenvalue weighted by molar-refractivity contribution is 0.157. The Bertz CT molecular complexity index is 464. The van der Waals surface area contributed by atoms with Crippen molar-refractivity contribution in [2.45, 2.75) is 40.0 Å². The van der Waals surface area contributed by atoms with Gasteiger partial charge in [-0.1, -0.05) is 20.8 Å². The SMILES string of the molecule is COCCC(C)(C)CNc1cc(N2CCCC(C)C2)ncn1. The highest BCUT2D eigenvalue weighted by atomic mass is 16.5. The molecule has 1 aromatic rings. The Morgan fingerprint density at radius 3 is 2.95 bits per heavy atom. The van der Waals surface area contributed by atoms with Crippen molar-refractivity contribution in [1.29, 1.82) is 0 Å². The summed E-state index contributed by atoms with van der Waals surface area (Å²) >= 11 is 0. The van der Waals surface area contributed by atoms with Gasteiger partial charge in [0.2, 0.25) is 0 Å². The first-order chi connectivity index (χ1) is 10.5. The summed E-state index contributed by atoms with van der Waals surface area (Å²) in [4.78, 5) is 11.2. The van der Waals surface area contributed by atoms with Gasteiger partial charge in [0.1, 0.15) is 18.0 Å². The lowest BCUT2D eigenvalue weighted by atomic mass is 9.90. The number of ether oxygens (including phenoxy) is 1. The third kappa shape index (κ3) is 5.13. The van der Waals surface area contributed by atoms with Crippen molar-refractivity contribution in [2.75, 3.05) is 43.6 Å². The molecule has 5 nitrogen and oxygen atoms in total. The lowest BCUT2D eigenvalue weighted by Gasteiger charge is -2.32. The number of methoxy groups -OCH3 is 1. The van der Waals surface area contributed by atoms with E-state index in [1.165, 1.54) is 12.8 Å². The molecule has 1 aliphatic rings. The summed E-state index contributed by atoms with van der Waals surface area (Å²) in [6, 6.07) is 2.07. The summed E-state index contributed by atoms with van der Waals surface area (Å²) in [5.74, 6) is 2.69. The van der Waals surface area contributed by atoms with Gasteiger partial charge in [-0.3, -0.25) is 0 Å². The Kier molecular flexibility index (Phi) is 6.00. The molecule has 0 spiro atoms. The van der Waals surface area contributed by atoms with E-state index in [1.807, 2.05) is 0 Å². The fourth-order valence-electron chi connectivity index (χ4n) is 2.81. The molecule has 0 aliphatic carbocycles. The van der Waals surface area contributed by atoms with Crippen molar-refractivity contribution in [3.8, 4) is 0 Å². The summed E-state index contributed by atoms with van der Waals surface area (Å²) in [5.41, 5.74) is 0.181. The Balaban J connectivity index is 1.93. The Morgan fingerprint density at radius 2 is 2.23 bits per heavy atom. The van der Waals surface area contributed by atoms with Crippen molar-refractivity contribution >= 4 is 11.6 Å². The number of anilines is 2. The van der Waals surface area contributed by atoms with E-state index in [-0.39, 0.29) is 5.41 Å². The molecular formula is C17H30N4O. The van der Waals surface area contributed by atoms with Gasteiger partial charge in [-0.2, -0.15) is 0 Å². The molecule has 1 saturated heterocycles. The maximum atomic E-state index is 5.18. The van der Waals surface area contributed by atoms with Crippen LogP contribution >= 0.6 is 0 Å². The molecule has 1 aliphatic heterocycles. The van der Waals surface area contributed by atoms with Crippen LogP contribution in [0.3, 0.4) is 0 Å². The van der Waals surface area contributed by atoms with E-state index in [1.54, 1.807) is 13.4 Å². The second kappa shape index (κ2) is 7.77. The summed E-state index contributed by atoms with van der Waals surface area (Å²) < 4.78 is 5.18. The summed E-state index contributed by atoms with van der Waals surface area (Å²) in [6.07, 6.45) is 5.26. The van der Waals surface area contributed by atoms with Gasteiger partial charge in [-0.15, -0.1) is 0 Å². The van der Waals surface area contributed by atoms with Crippen LogP contribution in [0.2, 0.25) is 0 Å². The zero-order chi connectivity index (χ0) is 16.0. The number of rotatable bonds is 7. The smallest absolute Gasteiger partial charge is 0.134 e. The highest BCUT2D eigenvalue weighted by molar-refractivity contribution is 5.48. The van der Waals surface area contributed by atoms with Gasteiger partial charge in [0.05, 0.1) is 0 Å². The van der Waals surface area contributed by atoms with Crippen LogP contribution in [0.1, 0.15) is 40.0 Å². The van der Waals surface area contributed by atoms with E-state index in [2.05, 4.69) is 47.0 Å². The molecule has 1 unspecified atom stereocenters. The number of piperidine rings is 1. The van der Waals surface area contributed by atoms with E-state index >= 15 is 0 Å². The van der Waals surface area contributed by atoms with E-state index in [0.29, 0.717) is 0 Å². The number of hydrogen-bond donors (Lipinski definition) is 1. The summed E-state index contributed by atoms with van der Waals surface area (Å²) in [5, 5.41) is 3.45. The van der Waals surface area contributed by atoms with Crippen LogP contribution < -0.4 is 10.2 Å². The molecular weight excluding hydrogens is 276 g/mol. The molecule has 0 amide bonds. The first-order valence-electron chi connectivity index (χ1n) is 8.30. The van der Waals surface area contributed by atoms with Gasteiger partial charge < -0.3 is 15.0 Å². The minimum absolute atomic E-state index is 0.181. The zero-order valence-electron chi connectivity index (χ0n) is 14.4. The molecule has 22 heavy (non-hydrogen) atoms. The maximum absolute atomic E-state index is 5.18. The average molecular weight is 306 g/mol.